The molecule has 256 valence electrons. The van der Waals surface area contributed by atoms with E-state index in [2.05, 4.69) is 198 Å². The summed E-state index contributed by atoms with van der Waals surface area (Å²) in [5.74, 6) is 0. The summed E-state index contributed by atoms with van der Waals surface area (Å²) in [4.78, 5) is 0. The highest BCUT2D eigenvalue weighted by atomic mass is 14.5. The molecule has 0 heterocycles. The van der Waals surface area contributed by atoms with Gasteiger partial charge in [-0.2, -0.15) is 0 Å². The Morgan fingerprint density at radius 3 is 1.50 bits per heavy atom. The first kappa shape index (κ1) is 31.3. The van der Waals surface area contributed by atoms with Gasteiger partial charge >= 0.3 is 0 Å². The smallest absolute Gasteiger partial charge is 0.0159 e. The topological polar surface area (TPSA) is 0 Å². The lowest BCUT2D eigenvalue weighted by atomic mass is 9.79. The summed E-state index contributed by atoms with van der Waals surface area (Å²) >= 11 is 0. The molecule has 0 saturated carbocycles. The van der Waals surface area contributed by atoms with E-state index >= 15 is 0 Å². The van der Waals surface area contributed by atoms with E-state index in [1.54, 1.807) is 0 Å². The van der Waals surface area contributed by atoms with E-state index in [-0.39, 0.29) is 10.8 Å². The van der Waals surface area contributed by atoms with Crippen LogP contribution in [0, 0.1) is 0 Å². The lowest BCUT2D eigenvalue weighted by Gasteiger charge is -2.24. The quantitative estimate of drug-likeness (QED) is 0.173. The molecule has 0 bridgehead atoms. The lowest BCUT2D eigenvalue weighted by molar-refractivity contribution is 0.651. The molecule has 9 aromatic rings. The molecule has 0 atom stereocenters. The average molecular weight is 689 g/mol. The van der Waals surface area contributed by atoms with Crippen molar-refractivity contribution in [3.05, 3.63) is 192 Å². The van der Waals surface area contributed by atoms with Crippen LogP contribution in [0.3, 0.4) is 0 Å². The van der Waals surface area contributed by atoms with Crippen LogP contribution in [0.5, 0.6) is 0 Å². The number of fused-ring (bicyclic) bond motifs is 10. The second-order valence-electron chi connectivity index (χ2n) is 16.6. The summed E-state index contributed by atoms with van der Waals surface area (Å²) in [6, 6.07) is 64.0. The fourth-order valence-electron chi connectivity index (χ4n) is 9.88. The summed E-state index contributed by atoms with van der Waals surface area (Å²) in [5, 5.41) is 7.58. The van der Waals surface area contributed by atoms with E-state index in [4.69, 9.17) is 0 Å². The van der Waals surface area contributed by atoms with Gasteiger partial charge in [-0.1, -0.05) is 161 Å². The first-order chi connectivity index (χ1) is 26.3. The molecule has 0 N–H and O–H groups in total. The molecule has 0 amide bonds. The van der Waals surface area contributed by atoms with E-state index < -0.39 is 0 Å². The van der Waals surface area contributed by atoms with Crippen molar-refractivity contribution in [1.82, 2.24) is 0 Å². The predicted molar refractivity (Wildman–Crippen MR) is 230 cm³/mol. The third-order valence-corrected chi connectivity index (χ3v) is 12.8. The molecule has 0 radical (unpaired) electrons. The van der Waals surface area contributed by atoms with Crippen LogP contribution in [0.1, 0.15) is 49.9 Å². The Morgan fingerprint density at radius 2 is 0.759 bits per heavy atom. The number of hydrogen-bond acceptors (Lipinski definition) is 0. The lowest BCUT2D eigenvalue weighted by Crippen LogP contribution is -2.17. The van der Waals surface area contributed by atoms with Crippen molar-refractivity contribution >= 4 is 32.3 Å². The summed E-state index contributed by atoms with van der Waals surface area (Å²) in [6.45, 7) is 9.58. The second kappa shape index (κ2) is 11.1. The van der Waals surface area contributed by atoms with Crippen LogP contribution in [0.4, 0.5) is 0 Å². The molecule has 2 aliphatic carbocycles. The van der Waals surface area contributed by atoms with Gasteiger partial charge in [-0.3, -0.25) is 0 Å². The molecule has 9 aromatic carbocycles. The van der Waals surface area contributed by atoms with Crippen LogP contribution < -0.4 is 0 Å². The Balaban J connectivity index is 1.02. The molecule has 0 aromatic heterocycles. The van der Waals surface area contributed by atoms with Crippen LogP contribution in [-0.2, 0) is 10.8 Å². The molecule has 0 spiro atoms. The van der Waals surface area contributed by atoms with Crippen LogP contribution in [0.2, 0.25) is 0 Å². The molecule has 0 aliphatic heterocycles. The van der Waals surface area contributed by atoms with Crippen molar-refractivity contribution < 1.29 is 0 Å². The van der Waals surface area contributed by atoms with Crippen LogP contribution in [0.25, 0.3) is 88.0 Å². The SMILES string of the molecule is CC1(C)c2ccccc2-c2c1ccc1c2-c2ccc(-c3cc(-c4ccc5cc(-c6ccc7ccccc7c6)ccc5c4)c4ccccc4c3)cc2C1(C)C. The summed E-state index contributed by atoms with van der Waals surface area (Å²) in [7, 11) is 0. The van der Waals surface area contributed by atoms with Gasteiger partial charge in [-0.15, -0.1) is 0 Å². The Hall–Kier alpha value is -6.24. The maximum absolute atomic E-state index is 2.48. The van der Waals surface area contributed by atoms with Gasteiger partial charge in [-0.25, -0.2) is 0 Å². The predicted octanol–water partition coefficient (Wildman–Crippen LogP) is 14.8. The van der Waals surface area contributed by atoms with Crippen molar-refractivity contribution in [3.8, 4) is 55.6 Å². The first-order valence-corrected chi connectivity index (χ1v) is 19.2. The maximum Gasteiger partial charge on any atom is 0.0159 e. The van der Waals surface area contributed by atoms with Crippen LogP contribution in [-0.4, -0.2) is 0 Å². The Labute approximate surface area is 317 Å². The Kier molecular flexibility index (Phi) is 6.46. The van der Waals surface area contributed by atoms with Gasteiger partial charge in [0, 0.05) is 10.8 Å². The minimum absolute atomic E-state index is 0.0163. The minimum atomic E-state index is -0.110. The van der Waals surface area contributed by atoms with Crippen molar-refractivity contribution in [3.63, 3.8) is 0 Å². The maximum atomic E-state index is 2.48. The normalized spacial score (nSPS) is 14.6. The van der Waals surface area contributed by atoms with Gasteiger partial charge in [0.1, 0.15) is 0 Å². The standard InChI is InChI=1S/C54H40/c1-53(2)47-16-10-9-15-44(47)51-48(53)25-26-49-52(51)45-24-23-39(32-50(45)54(49,3)4)42-30-40-13-7-8-14-43(40)46(31-42)41-22-21-37-28-36(19-20-38(37)29-41)35-18-17-33-11-5-6-12-34(33)27-35/h5-32H,1-4H3. The van der Waals surface area contributed by atoms with Crippen molar-refractivity contribution in [2.24, 2.45) is 0 Å². The molecular weight excluding hydrogens is 649 g/mol. The van der Waals surface area contributed by atoms with Crippen LogP contribution in [0.15, 0.2) is 170 Å². The molecule has 0 unspecified atom stereocenters. The second-order valence-corrected chi connectivity index (χ2v) is 16.6. The third kappa shape index (κ3) is 4.44. The van der Waals surface area contributed by atoms with Crippen molar-refractivity contribution in [1.29, 1.82) is 0 Å². The molecule has 0 fully saturated rings. The molecule has 54 heavy (non-hydrogen) atoms. The van der Waals surface area contributed by atoms with Gasteiger partial charge in [0.25, 0.3) is 0 Å². The van der Waals surface area contributed by atoms with E-state index in [1.165, 1.54) is 110 Å². The van der Waals surface area contributed by atoms with Gasteiger partial charge in [0.05, 0.1) is 0 Å². The molecule has 0 heteroatoms. The summed E-state index contributed by atoms with van der Waals surface area (Å²) in [5.41, 5.74) is 18.7. The van der Waals surface area contributed by atoms with Crippen molar-refractivity contribution in [2.45, 2.75) is 38.5 Å². The molecule has 2 aliphatic rings. The highest BCUT2D eigenvalue weighted by Crippen LogP contribution is 2.59. The summed E-state index contributed by atoms with van der Waals surface area (Å²) < 4.78 is 0. The Bertz CT molecular complexity index is 3040. The highest BCUT2D eigenvalue weighted by molar-refractivity contribution is 6.03. The Morgan fingerprint density at radius 1 is 0.278 bits per heavy atom. The zero-order chi connectivity index (χ0) is 36.3. The summed E-state index contributed by atoms with van der Waals surface area (Å²) in [6.07, 6.45) is 0. The van der Waals surface area contributed by atoms with E-state index in [1.807, 2.05) is 0 Å². The number of benzene rings is 9. The van der Waals surface area contributed by atoms with E-state index in [0.717, 1.165) is 0 Å². The molecule has 11 rings (SSSR count). The van der Waals surface area contributed by atoms with Gasteiger partial charge < -0.3 is 0 Å². The zero-order valence-corrected chi connectivity index (χ0v) is 31.2. The largest absolute Gasteiger partial charge is 0.0619 e. The van der Waals surface area contributed by atoms with E-state index in [9.17, 15) is 0 Å². The zero-order valence-electron chi connectivity index (χ0n) is 31.2. The number of hydrogen-bond donors (Lipinski definition) is 0. The highest BCUT2D eigenvalue weighted by Gasteiger charge is 2.43. The first-order valence-electron chi connectivity index (χ1n) is 19.2. The van der Waals surface area contributed by atoms with E-state index in [0.29, 0.717) is 0 Å². The molecule has 0 saturated heterocycles. The van der Waals surface area contributed by atoms with Gasteiger partial charge in [0.15, 0.2) is 0 Å². The average Bonchev–Trinajstić information content (AvgIpc) is 3.59. The van der Waals surface area contributed by atoms with Crippen molar-refractivity contribution in [2.75, 3.05) is 0 Å². The minimum Gasteiger partial charge on any atom is -0.0619 e. The van der Waals surface area contributed by atoms with Gasteiger partial charge in [0.2, 0.25) is 0 Å². The van der Waals surface area contributed by atoms with Gasteiger partial charge in [-0.05, 0) is 147 Å². The fourth-order valence-corrected chi connectivity index (χ4v) is 9.88. The monoisotopic (exact) mass is 688 g/mol. The third-order valence-electron chi connectivity index (χ3n) is 12.8. The molecule has 0 nitrogen and oxygen atoms in total. The number of rotatable bonds is 3. The molecular formula is C54H40. The fraction of sp³-hybridized carbons (Fsp3) is 0.111. The van der Waals surface area contributed by atoms with Crippen LogP contribution >= 0.6 is 0 Å².